The maximum absolute atomic E-state index is 9.10. The van der Waals surface area contributed by atoms with Gasteiger partial charge in [-0.05, 0) is 58.3 Å². The molecule has 11 nitrogen and oxygen atoms in total. The number of unbranched alkanes of at least 4 members (excludes halogenated alkanes) is 2. The van der Waals surface area contributed by atoms with E-state index in [1.165, 1.54) is 57.3 Å². The Morgan fingerprint density at radius 3 is 1.79 bits per heavy atom. The van der Waals surface area contributed by atoms with Gasteiger partial charge in [-0.3, -0.25) is 4.90 Å². The summed E-state index contributed by atoms with van der Waals surface area (Å²) < 4.78 is 6.05. The molecule has 0 atom stereocenters. The summed E-state index contributed by atoms with van der Waals surface area (Å²) in [5.41, 5.74) is 1.42. The Morgan fingerprint density at radius 2 is 1.35 bits per heavy atom. The van der Waals surface area contributed by atoms with E-state index >= 15 is 0 Å². The Balaban J connectivity index is 0.000000750. The van der Waals surface area contributed by atoms with Gasteiger partial charge in [-0.25, -0.2) is 19.2 Å². The monoisotopic (exact) mass is 484 g/mol. The second kappa shape index (κ2) is 18.4. The predicted octanol–water partition coefficient (Wildman–Crippen LogP) is 1.71. The summed E-state index contributed by atoms with van der Waals surface area (Å²) >= 11 is 0. The van der Waals surface area contributed by atoms with E-state index < -0.39 is 23.9 Å². The minimum Gasteiger partial charge on any atom is -0.473 e. The third-order valence-corrected chi connectivity index (χ3v) is 4.75. The Bertz CT molecular complexity index is 685. The first-order chi connectivity index (χ1) is 16.0. The average molecular weight is 485 g/mol. The maximum atomic E-state index is 9.10. The van der Waals surface area contributed by atoms with Crippen molar-refractivity contribution in [3.63, 3.8) is 0 Å². The van der Waals surface area contributed by atoms with E-state index in [1.54, 1.807) is 0 Å². The standard InChI is InChI=1S/C19H32N2O.2C2H2O4/c1-20(2)13-7-4-8-16-22-19-11-14-21(15-12-19)17-18-9-5-3-6-10-18;2*3-1(4)2(5)6/h3,5-6,9-10,19H,4,7-8,11-17H2,1-2H3;2*(H,3,4)(H,5,6). The molecular weight excluding hydrogens is 448 g/mol. The summed E-state index contributed by atoms with van der Waals surface area (Å²) in [5.74, 6) is -7.30. The molecule has 1 aromatic carbocycles. The van der Waals surface area contributed by atoms with Crippen LogP contribution in [0.3, 0.4) is 0 Å². The average Bonchev–Trinajstić information content (AvgIpc) is 2.78. The van der Waals surface area contributed by atoms with Gasteiger partial charge in [-0.15, -0.1) is 0 Å². The van der Waals surface area contributed by atoms with Gasteiger partial charge in [-0.1, -0.05) is 30.3 Å². The van der Waals surface area contributed by atoms with Gasteiger partial charge in [0, 0.05) is 26.2 Å². The van der Waals surface area contributed by atoms with Crippen molar-refractivity contribution < 1.29 is 44.3 Å². The number of aliphatic carboxylic acids is 4. The molecule has 0 aromatic heterocycles. The van der Waals surface area contributed by atoms with Gasteiger partial charge in [0.15, 0.2) is 0 Å². The first kappa shape index (κ1) is 31.0. The smallest absolute Gasteiger partial charge is 0.414 e. The van der Waals surface area contributed by atoms with Crippen LogP contribution >= 0.6 is 0 Å². The number of carbonyl (C=O) groups is 4. The molecule has 2 rings (SSSR count). The summed E-state index contributed by atoms with van der Waals surface area (Å²) in [4.78, 5) is 41.2. The van der Waals surface area contributed by atoms with Gasteiger partial charge < -0.3 is 30.1 Å². The van der Waals surface area contributed by atoms with Crippen LogP contribution in [-0.4, -0.2) is 101 Å². The van der Waals surface area contributed by atoms with Crippen LogP contribution in [0, 0.1) is 0 Å². The number of benzene rings is 1. The Labute approximate surface area is 199 Å². The predicted molar refractivity (Wildman–Crippen MR) is 124 cm³/mol. The number of likely N-dealkylation sites (tertiary alicyclic amines) is 1. The lowest BCUT2D eigenvalue weighted by atomic mass is 10.1. The SMILES string of the molecule is CN(C)CCCCCOC1CCN(Cc2ccccc2)CC1.O=C(O)C(=O)O.O=C(O)C(=O)O. The highest BCUT2D eigenvalue weighted by Gasteiger charge is 2.19. The molecule has 0 unspecified atom stereocenters. The first-order valence-corrected chi connectivity index (χ1v) is 11.0. The first-order valence-electron chi connectivity index (χ1n) is 11.0. The second-order valence-corrected chi connectivity index (χ2v) is 7.92. The third-order valence-electron chi connectivity index (χ3n) is 4.75. The molecule has 1 fully saturated rings. The fourth-order valence-corrected chi connectivity index (χ4v) is 3.03. The molecule has 1 aliphatic rings. The molecule has 0 saturated carbocycles. The molecule has 1 heterocycles. The van der Waals surface area contributed by atoms with Crippen LogP contribution < -0.4 is 0 Å². The molecule has 0 spiro atoms. The van der Waals surface area contributed by atoms with E-state index in [0.29, 0.717) is 6.10 Å². The fraction of sp³-hybridized carbons (Fsp3) is 0.565. The number of carboxylic acids is 4. The van der Waals surface area contributed by atoms with Crippen molar-refractivity contribution in [2.45, 2.75) is 44.8 Å². The van der Waals surface area contributed by atoms with Crippen LogP contribution in [0.1, 0.15) is 37.7 Å². The summed E-state index contributed by atoms with van der Waals surface area (Å²) in [5, 5.41) is 29.6. The zero-order chi connectivity index (χ0) is 25.9. The van der Waals surface area contributed by atoms with Crippen molar-refractivity contribution in [2.24, 2.45) is 0 Å². The minimum absolute atomic E-state index is 0.487. The van der Waals surface area contributed by atoms with Crippen LogP contribution in [0.5, 0.6) is 0 Å². The number of nitrogens with zero attached hydrogens (tertiary/aromatic N) is 2. The molecule has 4 N–H and O–H groups in total. The molecule has 1 aliphatic heterocycles. The van der Waals surface area contributed by atoms with Crippen LogP contribution in [0.15, 0.2) is 30.3 Å². The van der Waals surface area contributed by atoms with Gasteiger partial charge in [0.1, 0.15) is 0 Å². The van der Waals surface area contributed by atoms with E-state index in [2.05, 4.69) is 54.2 Å². The number of hydrogen-bond acceptors (Lipinski definition) is 7. The maximum Gasteiger partial charge on any atom is 0.414 e. The van der Waals surface area contributed by atoms with Crippen molar-refractivity contribution in [2.75, 3.05) is 40.3 Å². The van der Waals surface area contributed by atoms with Crippen LogP contribution in [0.2, 0.25) is 0 Å². The van der Waals surface area contributed by atoms with E-state index in [-0.39, 0.29) is 0 Å². The van der Waals surface area contributed by atoms with Crippen molar-refractivity contribution in [3.8, 4) is 0 Å². The Kier molecular flexibility index (Phi) is 16.8. The number of hydrogen-bond donors (Lipinski definition) is 4. The minimum atomic E-state index is -1.82. The summed E-state index contributed by atoms with van der Waals surface area (Å²) in [6.45, 7) is 5.55. The lowest BCUT2D eigenvalue weighted by Crippen LogP contribution is -2.36. The van der Waals surface area contributed by atoms with Gasteiger partial charge in [0.05, 0.1) is 6.10 Å². The van der Waals surface area contributed by atoms with Gasteiger partial charge >= 0.3 is 23.9 Å². The zero-order valence-electron chi connectivity index (χ0n) is 19.8. The highest BCUT2D eigenvalue weighted by atomic mass is 16.5. The molecule has 0 radical (unpaired) electrons. The number of rotatable bonds is 9. The van der Waals surface area contributed by atoms with Gasteiger partial charge in [-0.2, -0.15) is 0 Å². The molecule has 1 saturated heterocycles. The van der Waals surface area contributed by atoms with Gasteiger partial charge in [0.25, 0.3) is 0 Å². The van der Waals surface area contributed by atoms with Crippen molar-refractivity contribution >= 4 is 23.9 Å². The van der Waals surface area contributed by atoms with Crippen molar-refractivity contribution in [1.29, 1.82) is 0 Å². The third kappa shape index (κ3) is 17.5. The molecule has 0 bridgehead atoms. The topological polar surface area (TPSA) is 165 Å². The van der Waals surface area contributed by atoms with Crippen molar-refractivity contribution in [1.82, 2.24) is 9.80 Å². The molecule has 34 heavy (non-hydrogen) atoms. The number of piperidine rings is 1. The van der Waals surface area contributed by atoms with Crippen LogP contribution in [0.25, 0.3) is 0 Å². The Hall–Kier alpha value is -3.02. The Morgan fingerprint density at radius 1 is 0.853 bits per heavy atom. The highest BCUT2D eigenvalue weighted by Crippen LogP contribution is 2.16. The summed E-state index contributed by atoms with van der Waals surface area (Å²) in [7, 11) is 4.28. The second-order valence-electron chi connectivity index (χ2n) is 7.92. The van der Waals surface area contributed by atoms with Gasteiger partial charge in [0.2, 0.25) is 0 Å². The van der Waals surface area contributed by atoms with Crippen LogP contribution in [-0.2, 0) is 30.5 Å². The number of ether oxygens (including phenoxy) is 1. The van der Waals surface area contributed by atoms with E-state index in [0.717, 1.165) is 13.2 Å². The number of carboxylic acid groups (broad SMARTS) is 4. The zero-order valence-corrected chi connectivity index (χ0v) is 19.8. The quantitative estimate of drug-likeness (QED) is 0.298. The largest absolute Gasteiger partial charge is 0.473 e. The fourth-order valence-electron chi connectivity index (χ4n) is 3.03. The molecule has 1 aromatic rings. The van der Waals surface area contributed by atoms with E-state index in [1.807, 2.05) is 0 Å². The molecular formula is C23H36N2O9. The normalized spacial score (nSPS) is 13.7. The lowest BCUT2D eigenvalue weighted by Gasteiger charge is -2.32. The van der Waals surface area contributed by atoms with E-state index in [4.69, 9.17) is 44.3 Å². The highest BCUT2D eigenvalue weighted by molar-refractivity contribution is 6.27. The summed E-state index contributed by atoms with van der Waals surface area (Å²) in [6.07, 6.45) is 6.63. The molecule has 11 heteroatoms. The van der Waals surface area contributed by atoms with Crippen LogP contribution in [0.4, 0.5) is 0 Å². The molecule has 0 aliphatic carbocycles. The lowest BCUT2D eigenvalue weighted by molar-refractivity contribution is -0.159. The molecule has 192 valence electrons. The van der Waals surface area contributed by atoms with Crippen molar-refractivity contribution in [3.05, 3.63) is 35.9 Å². The molecule has 0 amide bonds. The van der Waals surface area contributed by atoms with E-state index in [9.17, 15) is 0 Å². The summed E-state index contributed by atoms with van der Waals surface area (Å²) in [6, 6.07) is 10.8.